The molecule has 222 valence electrons. The van der Waals surface area contributed by atoms with E-state index in [2.05, 4.69) is 60.6 Å². The first-order valence-electron chi connectivity index (χ1n) is 13.1. The Morgan fingerprint density at radius 3 is 1.05 bits per heavy atom. The molecule has 0 bridgehead atoms. The lowest BCUT2D eigenvalue weighted by Gasteiger charge is -2.30. The standard InChI is InChI=1S/C15H25O4P.C15H25O3P/c1-10-8-11(14(2,3)4)13(19-20(16,17)18)12(9-10)15(5,6)7;1-10-8-11(14(2,3)4)13(18-19(16)17)12(9-10)15(5,6)7/h8-9H,1-7H3,(H2,16,17,18);8-9,16-17H,1-7H3. The molecule has 0 heterocycles. The maximum absolute atomic E-state index is 11.3. The van der Waals surface area contributed by atoms with Gasteiger partial charge in [0.25, 0.3) is 0 Å². The Kier molecular flexibility index (Phi) is 11.1. The van der Waals surface area contributed by atoms with E-state index < -0.39 is 16.4 Å². The Balaban J connectivity index is 0.000000391. The number of hydrogen-bond donors (Lipinski definition) is 4. The van der Waals surface area contributed by atoms with Crippen molar-refractivity contribution < 1.29 is 33.2 Å². The van der Waals surface area contributed by atoms with Gasteiger partial charge in [-0.05, 0) is 35.5 Å². The number of benzene rings is 2. The SMILES string of the molecule is Cc1cc(C(C)(C)C)c(OP(=O)(O)O)c(C(C)(C)C)c1.Cc1cc(C(C)(C)C)c(OP(O)O)c(C(C)(C)C)c1. The minimum Gasteiger partial charge on any atom is -0.426 e. The summed E-state index contributed by atoms with van der Waals surface area (Å²) in [5.74, 6) is 0.922. The van der Waals surface area contributed by atoms with E-state index in [-0.39, 0.29) is 21.7 Å². The van der Waals surface area contributed by atoms with Gasteiger partial charge in [-0.15, -0.1) is 0 Å². The van der Waals surface area contributed by atoms with E-state index in [1.54, 1.807) is 0 Å². The molecule has 0 aliphatic carbocycles. The van der Waals surface area contributed by atoms with Gasteiger partial charge in [-0.2, -0.15) is 0 Å². The van der Waals surface area contributed by atoms with Crippen molar-refractivity contribution in [1.82, 2.24) is 0 Å². The Morgan fingerprint density at radius 2 is 0.846 bits per heavy atom. The first-order chi connectivity index (χ1) is 17.1. The van der Waals surface area contributed by atoms with Gasteiger partial charge in [0.05, 0.1) is 0 Å². The molecule has 39 heavy (non-hydrogen) atoms. The molecule has 2 aromatic rings. The van der Waals surface area contributed by atoms with E-state index in [9.17, 15) is 24.1 Å². The maximum atomic E-state index is 11.3. The minimum atomic E-state index is -4.60. The summed E-state index contributed by atoms with van der Waals surface area (Å²) < 4.78 is 21.7. The third-order valence-electron chi connectivity index (χ3n) is 6.08. The fourth-order valence-electron chi connectivity index (χ4n) is 4.17. The lowest BCUT2D eigenvalue weighted by molar-refractivity contribution is 0.278. The zero-order valence-electron chi connectivity index (χ0n) is 26.2. The average molecular weight is 585 g/mol. The quantitative estimate of drug-likeness (QED) is 0.267. The van der Waals surface area contributed by atoms with Crippen molar-refractivity contribution in [3.8, 4) is 11.5 Å². The largest absolute Gasteiger partial charge is 0.524 e. The zero-order valence-corrected chi connectivity index (χ0v) is 28.0. The number of aryl methyl sites for hydroxylation is 2. The maximum Gasteiger partial charge on any atom is 0.524 e. The molecular weight excluding hydrogens is 534 g/mol. The van der Waals surface area contributed by atoms with E-state index in [4.69, 9.17) is 9.05 Å². The van der Waals surface area contributed by atoms with Crippen LogP contribution in [0.25, 0.3) is 0 Å². The summed E-state index contributed by atoms with van der Waals surface area (Å²) >= 11 is 0. The summed E-state index contributed by atoms with van der Waals surface area (Å²) in [6.45, 7) is 28.6. The van der Waals surface area contributed by atoms with Gasteiger partial charge in [0.2, 0.25) is 0 Å². The van der Waals surface area contributed by atoms with Gasteiger partial charge >= 0.3 is 16.4 Å². The fourth-order valence-corrected chi connectivity index (χ4v) is 4.97. The van der Waals surface area contributed by atoms with E-state index in [1.807, 2.05) is 60.6 Å². The Bertz CT molecular complexity index is 1120. The van der Waals surface area contributed by atoms with Crippen molar-refractivity contribution >= 4 is 16.4 Å². The van der Waals surface area contributed by atoms with Crippen LogP contribution in [0.4, 0.5) is 0 Å². The van der Waals surface area contributed by atoms with Crippen molar-refractivity contribution in [3.63, 3.8) is 0 Å². The van der Waals surface area contributed by atoms with Crippen LogP contribution in [-0.2, 0) is 26.2 Å². The van der Waals surface area contributed by atoms with Gasteiger partial charge in [-0.3, -0.25) is 9.79 Å². The molecule has 0 radical (unpaired) electrons. The van der Waals surface area contributed by atoms with Gasteiger partial charge in [0.15, 0.2) is 0 Å². The van der Waals surface area contributed by atoms with E-state index >= 15 is 0 Å². The second-order valence-electron chi connectivity index (χ2n) is 14.3. The van der Waals surface area contributed by atoms with Crippen LogP contribution in [0.15, 0.2) is 24.3 Å². The molecule has 9 heteroatoms. The van der Waals surface area contributed by atoms with Gasteiger partial charge in [-0.25, -0.2) is 4.57 Å². The molecule has 0 saturated heterocycles. The monoisotopic (exact) mass is 584 g/mol. The average Bonchev–Trinajstić information content (AvgIpc) is 2.66. The molecule has 2 rings (SSSR count). The molecule has 7 nitrogen and oxygen atoms in total. The van der Waals surface area contributed by atoms with Gasteiger partial charge in [0, 0.05) is 22.3 Å². The second kappa shape index (κ2) is 12.2. The first-order valence-corrected chi connectivity index (χ1v) is 15.8. The number of phosphoric acid groups is 1. The number of phosphoric ester groups is 1. The predicted octanol–water partition coefficient (Wildman–Crippen LogP) is 8.24. The van der Waals surface area contributed by atoms with Crippen LogP contribution in [0.2, 0.25) is 0 Å². The third-order valence-corrected chi connectivity index (χ3v) is 6.85. The highest BCUT2D eigenvalue weighted by molar-refractivity contribution is 7.46. The lowest BCUT2D eigenvalue weighted by Crippen LogP contribution is -2.19. The van der Waals surface area contributed by atoms with E-state index in [1.165, 1.54) is 0 Å². The van der Waals surface area contributed by atoms with Crippen LogP contribution in [-0.4, -0.2) is 19.6 Å². The second-order valence-corrected chi connectivity index (χ2v) is 16.2. The number of hydrogen-bond acceptors (Lipinski definition) is 5. The molecule has 0 aliphatic heterocycles. The third kappa shape index (κ3) is 10.8. The molecule has 0 amide bonds. The van der Waals surface area contributed by atoms with Crippen LogP contribution < -0.4 is 9.05 Å². The fraction of sp³-hybridized carbons (Fsp3) is 0.600. The van der Waals surface area contributed by atoms with E-state index in [0.29, 0.717) is 11.5 Å². The predicted molar refractivity (Wildman–Crippen MR) is 162 cm³/mol. The molecule has 0 aromatic heterocycles. The summed E-state index contributed by atoms with van der Waals surface area (Å²) in [7, 11) is -7.01. The highest BCUT2D eigenvalue weighted by Crippen LogP contribution is 2.48. The topological polar surface area (TPSA) is 116 Å². The lowest BCUT2D eigenvalue weighted by atomic mass is 9.78. The summed E-state index contributed by atoms with van der Waals surface area (Å²) in [6.07, 6.45) is 0. The van der Waals surface area contributed by atoms with Crippen LogP contribution in [0.3, 0.4) is 0 Å². The molecule has 0 fully saturated rings. The Labute approximate surface area is 237 Å². The normalized spacial score (nSPS) is 13.2. The van der Waals surface area contributed by atoms with Gasteiger partial charge < -0.3 is 18.8 Å². The Hall–Kier alpha value is -1.46. The van der Waals surface area contributed by atoms with Crippen LogP contribution in [0.1, 0.15) is 116 Å². The van der Waals surface area contributed by atoms with Crippen LogP contribution in [0.5, 0.6) is 11.5 Å². The van der Waals surface area contributed by atoms with Crippen LogP contribution >= 0.6 is 16.4 Å². The van der Waals surface area contributed by atoms with Crippen molar-refractivity contribution in [2.45, 2.75) is 119 Å². The molecule has 4 N–H and O–H groups in total. The molecule has 0 spiro atoms. The molecule has 0 aliphatic rings. The van der Waals surface area contributed by atoms with Gasteiger partial charge in [0.1, 0.15) is 11.5 Å². The summed E-state index contributed by atoms with van der Waals surface area (Å²) in [4.78, 5) is 36.9. The molecule has 0 saturated carbocycles. The van der Waals surface area contributed by atoms with Crippen molar-refractivity contribution in [1.29, 1.82) is 0 Å². The van der Waals surface area contributed by atoms with Crippen molar-refractivity contribution in [2.24, 2.45) is 0 Å². The van der Waals surface area contributed by atoms with E-state index in [0.717, 1.165) is 33.4 Å². The summed E-state index contributed by atoms with van der Waals surface area (Å²) in [5, 5.41) is 0. The number of rotatable bonds is 4. The van der Waals surface area contributed by atoms with Crippen LogP contribution in [0, 0.1) is 13.8 Å². The molecule has 0 atom stereocenters. The highest BCUT2D eigenvalue weighted by atomic mass is 31.2. The summed E-state index contributed by atoms with van der Waals surface area (Å²) in [6, 6.07) is 7.98. The molecule has 0 unspecified atom stereocenters. The smallest absolute Gasteiger partial charge is 0.426 e. The van der Waals surface area contributed by atoms with Crippen molar-refractivity contribution in [2.75, 3.05) is 0 Å². The van der Waals surface area contributed by atoms with Crippen molar-refractivity contribution in [3.05, 3.63) is 57.6 Å². The first kappa shape index (κ1) is 35.6. The molecule has 2 aromatic carbocycles. The zero-order chi connectivity index (χ0) is 30.9. The Morgan fingerprint density at radius 1 is 0.590 bits per heavy atom. The molecular formula is C30H50O7P2. The highest BCUT2D eigenvalue weighted by Gasteiger charge is 2.31. The summed E-state index contributed by atoms with van der Waals surface area (Å²) in [5.41, 5.74) is 5.07. The van der Waals surface area contributed by atoms with Gasteiger partial charge in [-0.1, -0.05) is 118 Å². The minimum absolute atomic E-state index is 0.118.